The number of azide groups is 1. The number of carbonyl (C=O) groups excluding carboxylic acids is 3. The van der Waals surface area contributed by atoms with Gasteiger partial charge in [-0.1, -0.05) is 5.11 Å². The lowest BCUT2D eigenvalue weighted by Gasteiger charge is -2.39. The largest absolute Gasteiger partial charge is 0.507 e. The number of amides is 2. The molecule has 0 aliphatic carbocycles. The van der Waals surface area contributed by atoms with Crippen LogP contribution in [0.15, 0.2) is 65.8 Å². The molecule has 6 atom stereocenters. The smallest absolute Gasteiger partial charge is 0.501 e. The molecule has 1 fully saturated rings. The molecule has 67 heavy (non-hydrogen) atoms. The molecule has 4 aromatic carbocycles. The number of ketones is 1. The number of aliphatic hydroxyl groups is 4. The van der Waals surface area contributed by atoms with E-state index in [9.17, 15) is 48.3 Å². The first-order valence-corrected chi connectivity index (χ1v) is 22.3. The van der Waals surface area contributed by atoms with Crippen molar-refractivity contribution in [3.05, 3.63) is 93.5 Å². The number of hydrogen-bond donors (Lipinski definition) is 6. The molecule has 3 heterocycles. The highest BCUT2D eigenvalue weighted by molar-refractivity contribution is 7.82. The monoisotopic (exact) mass is 968 g/mol. The third-order valence-corrected chi connectivity index (χ3v) is 12.3. The van der Waals surface area contributed by atoms with E-state index in [1.807, 2.05) is 0 Å². The summed E-state index contributed by atoms with van der Waals surface area (Å²) in [5.74, 6) is -3.35. The van der Waals surface area contributed by atoms with Crippen molar-refractivity contribution in [1.29, 1.82) is 0 Å². The Labute approximate surface area is 386 Å². The number of aromatic nitrogens is 1. The van der Waals surface area contributed by atoms with Crippen molar-refractivity contribution < 1.29 is 75.6 Å². The summed E-state index contributed by atoms with van der Waals surface area (Å²) in [6.07, 6.45) is -8.73. The maximum atomic E-state index is 14.4. The number of ether oxygens (including phenoxy) is 4. The Kier molecular flexibility index (Phi) is 14.6. The number of hydrogen-bond acceptors (Lipinski definition) is 17. The van der Waals surface area contributed by atoms with E-state index >= 15 is 0 Å². The fraction of sp³-hybridized carbons (Fsp3) is 0.372. The Morgan fingerprint density at radius 3 is 2.45 bits per heavy atom. The van der Waals surface area contributed by atoms with Gasteiger partial charge in [-0.2, -0.15) is 0 Å². The number of benzene rings is 4. The number of aromatic amines is 1. The van der Waals surface area contributed by atoms with Crippen molar-refractivity contribution in [2.45, 2.75) is 43.5 Å². The first kappa shape index (κ1) is 48.5. The molecule has 1 aromatic heterocycles. The summed E-state index contributed by atoms with van der Waals surface area (Å²) in [6, 6.07) is 13.7. The van der Waals surface area contributed by atoms with Crippen LogP contribution >= 0.6 is 11.6 Å². The maximum absolute atomic E-state index is 14.4. The number of aliphatic hydroxyl groups excluding tert-OH is 4. The SMILES string of the molecule is COc1ccc2c(OS(=O)(=O)Oc3cc(C(=O)N(C)CCOCCN=[N+]=[N-])ccc3O[C@@H]3O[C@H](CO)[C@H](O)[C@H](O)C3O)cc3c(c2c1)[C@H](CCl)CN3C(=O)c1cc2cc(C(C)=O)c(O)cc2[nH]1. The second-order valence-electron chi connectivity index (χ2n) is 15.5. The molecule has 22 nitrogen and oxygen atoms in total. The molecule has 6 N–H and O–H groups in total. The van der Waals surface area contributed by atoms with Crippen LogP contribution in [0.4, 0.5) is 5.69 Å². The number of aromatic hydroxyl groups is 1. The van der Waals surface area contributed by atoms with Crippen LogP contribution in [-0.4, -0.2) is 152 Å². The number of phenols is 1. The second kappa shape index (κ2) is 20.2. The zero-order valence-corrected chi connectivity index (χ0v) is 37.5. The number of alkyl halides is 1. The van der Waals surface area contributed by atoms with Crippen molar-refractivity contribution in [2.24, 2.45) is 5.11 Å². The van der Waals surface area contributed by atoms with E-state index in [1.165, 1.54) is 67.3 Å². The number of nitrogens with zero attached hydrogens (tertiary/aromatic N) is 5. The lowest BCUT2D eigenvalue weighted by atomic mass is 9.95. The molecule has 2 aliphatic heterocycles. The van der Waals surface area contributed by atoms with Gasteiger partial charge in [-0.3, -0.25) is 14.4 Å². The van der Waals surface area contributed by atoms with E-state index in [0.717, 1.165) is 12.1 Å². The highest BCUT2D eigenvalue weighted by Crippen LogP contribution is 2.47. The van der Waals surface area contributed by atoms with E-state index in [2.05, 4.69) is 15.0 Å². The minimum Gasteiger partial charge on any atom is -0.507 e. The van der Waals surface area contributed by atoms with Gasteiger partial charge < -0.3 is 67.6 Å². The summed E-state index contributed by atoms with van der Waals surface area (Å²) < 4.78 is 61.6. The van der Waals surface area contributed by atoms with E-state index in [1.54, 1.807) is 12.1 Å². The first-order chi connectivity index (χ1) is 32.0. The molecule has 2 aliphatic rings. The number of carbonyl (C=O) groups is 3. The summed E-state index contributed by atoms with van der Waals surface area (Å²) in [5.41, 5.74) is 9.64. The molecule has 1 saturated heterocycles. The fourth-order valence-electron chi connectivity index (χ4n) is 7.77. The molecular weight excluding hydrogens is 924 g/mol. The number of H-pyrrole nitrogens is 1. The Morgan fingerprint density at radius 1 is 0.985 bits per heavy atom. The number of fused-ring (bicyclic) bond motifs is 4. The Hall–Kier alpha value is -6.40. The van der Waals surface area contributed by atoms with E-state index in [0.29, 0.717) is 27.6 Å². The number of nitrogens with one attached hydrogen (secondary N) is 1. The minimum atomic E-state index is -5.26. The third kappa shape index (κ3) is 10.1. The lowest BCUT2D eigenvalue weighted by molar-refractivity contribution is -0.277. The molecule has 5 aromatic rings. The van der Waals surface area contributed by atoms with Crippen LogP contribution in [-0.2, 0) is 19.9 Å². The maximum Gasteiger partial charge on any atom is 0.501 e. The molecule has 24 heteroatoms. The summed E-state index contributed by atoms with van der Waals surface area (Å²) >= 11 is 6.51. The molecule has 0 radical (unpaired) electrons. The fourth-order valence-corrected chi connectivity index (χ4v) is 8.77. The number of Topliss-reactive ketones (excluding diaryl/α,β-unsaturated/α-hetero) is 1. The lowest BCUT2D eigenvalue weighted by Crippen LogP contribution is -2.60. The van der Waals surface area contributed by atoms with Crippen LogP contribution in [0, 0.1) is 0 Å². The van der Waals surface area contributed by atoms with Crippen LogP contribution < -0.4 is 22.7 Å². The van der Waals surface area contributed by atoms with Crippen molar-refractivity contribution in [2.75, 3.05) is 64.4 Å². The van der Waals surface area contributed by atoms with Crippen LogP contribution in [0.1, 0.15) is 49.6 Å². The summed E-state index contributed by atoms with van der Waals surface area (Å²) in [6.45, 7) is 0.826. The molecule has 1 unspecified atom stereocenters. The zero-order chi connectivity index (χ0) is 48.3. The normalized spacial score (nSPS) is 20.3. The van der Waals surface area contributed by atoms with Crippen LogP contribution in [0.3, 0.4) is 0 Å². The van der Waals surface area contributed by atoms with Gasteiger partial charge in [0.05, 0.1) is 38.2 Å². The Balaban J connectivity index is 1.25. The number of likely N-dealkylation sites (N-methyl/N-ethyl adjacent to an activating group) is 1. The van der Waals surface area contributed by atoms with Gasteiger partial charge in [-0.15, -0.1) is 20.0 Å². The van der Waals surface area contributed by atoms with E-state index in [4.69, 9.17) is 44.4 Å². The average molecular weight is 969 g/mol. The summed E-state index contributed by atoms with van der Waals surface area (Å²) in [4.78, 5) is 48.3. The van der Waals surface area contributed by atoms with Gasteiger partial charge in [0, 0.05) is 77.4 Å². The minimum absolute atomic E-state index is 0.0408. The molecule has 0 bridgehead atoms. The van der Waals surface area contributed by atoms with Crippen LogP contribution in [0.5, 0.6) is 28.7 Å². The van der Waals surface area contributed by atoms with Crippen LogP contribution in [0.2, 0.25) is 0 Å². The first-order valence-electron chi connectivity index (χ1n) is 20.5. The molecule has 2 amide bonds. The number of rotatable bonds is 18. The van der Waals surface area contributed by atoms with Crippen molar-refractivity contribution in [1.82, 2.24) is 9.88 Å². The molecular formula is C43H45ClN6O16S. The summed E-state index contributed by atoms with van der Waals surface area (Å²) in [7, 11) is -2.38. The Bertz CT molecular complexity index is 2870. The number of anilines is 1. The number of phenolic OH excluding ortho intramolecular Hbond substituents is 1. The van der Waals surface area contributed by atoms with Gasteiger partial charge in [0.25, 0.3) is 11.8 Å². The highest BCUT2D eigenvalue weighted by Gasteiger charge is 2.45. The average Bonchev–Trinajstić information content (AvgIpc) is 3.90. The highest BCUT2D eigenvalue weighted by atomic mass is 35.5. The van der Waals surface area contributed by atoms with Gasteiger partial charge in [0.15, 0.2) is 23.0 Å². The Morgan fingerprint density at radius 2 is 1.75 bits per heavy atom. The van der Waals surface area contributed by atoms with Crippen molar-refractivity contribution in [3.8, 4) is 28.7 Å². The van der Waals surface area contributed by atoms with Crippen molar-refractivity contribution >= 4 is 67.0 Å². The van der Waals surface area contributed by atoms with E-state index < -0.39 is 76.9 Å². The number of halogens is 1. The molecule has 0 spiro atoms. The van der Waals surface area contributed by atoms with Gasteiger partial charge in [-0.05, 0) is 71.9 Å². The number of methoxy groups -OCH3 is 1. The standard InChI is InChI=1S/C43H45ClN6O16S/c1-21(52)27-12-23-13-30(47-29(23)16-32(27)53)42(58)50-19-24(18-44)37-28-15-25(61-3)5-6-26(28)34(17-31(37)50)65-67(59,60)66-35-14-22(41(57)49(2)9-11-62-10-8-46-48-45)4-7-33(35)63-43-40(56)39(55)38(54)36(20-51)64-43/h4-7,12-17,24,36,38-40,43,47,51,53-56H,8-11,18-20H2,1-3H3/t24-,36-,38+,39+,40?,43-/m1/s1. The quantitative estimate of drug-likeness (QED) is 0.0183. The van der Waals surface area contributed by atoms with Crippen molar-refractivity contribution in [3.63, 3.8) is 0 Å². The van der Waals surface area contributed by atoms with E-state index in [-0.39, 0.29) is 83.9 Å². The van der Waals surface area contributed by atoms with Gasteiger partial charge >= 0.3 is 10.4 Å². The predicted molar refractivity (Wildman–Crippen MR) is 238 cm³/mol. The summed E-state index contributed by atoms with van der Waals surface area (Å²) in [5, 5.41) is 56.2. The van der Waals surface area contributed by atoms with Gasteiger partial charge in [0.2, 0.25) is 6.29 Å². The molecule has 7 rings (SSSR count). The predicted octanol–water partition coefficient (Wildman–Crippen LogP) is 3.50. The van der Waals surface area contributed by atoms with Gasteiger partial charge in [-0.25, -0.2) is 0 Å². The second-order valence-corrected chi connectivity index (χ2v) is 17.0. The topological polar surface area (TPSA) is 313 Å². The molecule has 356 valence electrons. The third-order valence-electron chi connectivity index (χ3n) is 11.2. The van der Waals surface area contributed by atoms with Crippen LogP contribution in [0.25, 0.3) is 32.1 Å². The van der Waals surface area contributed by atoms with Gasteiger partial charge in [0.1, 0.15) is 41.6 Å². The zero-order valence-electron chi connectivity index (χ0n) is 35.9. The molecule has 0 saturated carbocycles.